The predicted octanol–water partition coefficient (Wildman–Crippen LogP) is 3.73. The third-order valence-electron chi connectivity index (χ3n) is 6.95. The van der Waals surface area contributed by atoms with Gasteiger partial charge in [-0.25, -0.2) is 15.2 Å². The lowest BCUT2D eigenvalue weighted by Gasteiger charge is -2.28. The lowest BCUT2D eigenvalue weighted by molar-refractivity contribution is -0.147. The molecule has 14 nitrogen and oxygen atoms in total. The fourth-order valence-electron chi connectivity index (χ4n) is 4.49. The Bertz CT molecular complexity index is 1500. The van der Waals surface area contributed by atoms with Gasteiger partial charge in [0.05, 0.1) is 26.1 Å². The van der Waals surface area contributed by atoms with Gasteiger partial charge in [0.15, 0.2) is 17.0 Å². The molecule has 15 heteroatoms. The first-order chi connectivity index (χ1) is 21.9. The second kappa shape index (κ2) is 16.3. The Balaban J connectivity index is 1.48. The minimum Gasteiger partial charge on any atom is -0.464 e. The van der Waals surface area contributed by atoms with E-state index in [2.05, 4.69) is 30.4 Å². The number of nitrogens with zero attached hydrogens (tertiary/aromatic N) is 4. The molecule has 3 atom stereocenters. The Morgan fingerprint density at radius 1 is 1.00 bits per heavy atom. The second-order valence-electron chi connectivity index (χ2n) is 12.5. The van der Waals surface area contributed by atoms with E-state index in [0.717, 1.165) is 18.4 Å². The van der Waals surface area contributed by atoms with Gasteiger partial charge < -0.3 is 29.8 Å². The average molecular weight is 659 g/mol. The van der Waals surface area contributed by atoms with Crippen LogP contribution in [0.4, 0.5) is 11.8 Å². The lowest BCUT2D eigenvalue weighted by Crippen LogP contribution is -2.45. The fourth-order valence-corrected chi connectivity index (χ4v) is 6.53. The first-order valence-corrected chi connectivity index (χ1v) is 17.7. The van der Waals surface area contributed by atoms with Crippen LogP contribution in [0, 0.1) is 11.8 Å². The zero-order chi connectivity index (χ0) is 33.3. The number of nitrogens with one attached hydrogen (secondary N) is 3. The van der Waals surface area contributed by atoms with Crippen molar-refractivity contribution in [1.29, 1.82) is 0 Å². The number of fused-ring (bicyclic) bond motifs is 1. The molecule has 46 heavy (non-hydrogen) atoms. The summed E-state index contributed by atoms with van der Waals surface area (Å²) in [4.78, 5) is 39.1. The summed E-state index contributed by atoms with van der Waals surface area (Å²) in [6, 6.07) is 7.80. The van der Waals surface area contributed by atoms with E-state index in [1.807, 2.05) is 58.0 Å². The number of nitrogens with two attached hydrogens (primary N) is 1. The van der Waals surface area contributed by atoms with Crippen molar-refractivity contribution in [2.24, 2.45) is 11.8 Å². The summed E-state index contributed by atoms with van der Waals surface area (Å²) < 4.78 is 33.1. The summed E-state index contributed by atoms with van der Waals surface area (Å²) in [5.41, 5.74) is 7.98. The second-order valence-corrected chi connectivity index (χ2v) is 14.8. The third-order valence-corrected chi connectivity index (χ3v) is 9.03. The van der Waals surface area contributed by atoms with E-state index >= 15 is 0 Å². The Morgan fingerprint density at radius 2 is 1.67 bits per heavy atom. The molecule has 1 saturated carbocycles. The molecule has 1 aliphatic rings. The molecule has 0 radical (unpaired) electrons. The molecule has 0 bridgehead atoms. The Morgan fingerprint density at radius 3 is 2.33 bits per heavy atom. The zero-order valence-electron chi connectivity index (χ0n) is 27.3. The highest BCUT2D eigenvalue weighted by molar-refractivity contribution is 7.59. The number of benzene rings is 1. The number of ether oxygens (including phenoxy) is 3. The normalized spacial score (nSPS) is 15.9. The van der Waals surface area contributed by atoms with Crippen molar-refractivity contribution in [1.82, 2.24) is 29.7 Å². The van der Waals surface area contributed by atoms with Gasteiger partial charge in [-0.15, -0.1) is 0 Å². The highest BCUT2D eigenvalue weighted by atomic mass is 31.2. The van der Waals surface area contributed by atoms with E-state index in [9.17, 15) is 14.2 Å². The molecule has 3 aromatic rings. The van der Waals surface area contributed by atoms with Crippen LogP contribution >= 0.6 is 7.44 Å². The number of rotatable bonds is 19. The smallest absolute Gasteiger partial charge is 0.323 e. The van der Waals surface area contributed by atoms with E-state index in [1.54, 1.807) is 17.8 Å². The SMILES string of the molecule is CC(C)COC(=O)C(C)NP(=O)(COCCn1cnc2c(NC3CC3)nc(N)nc21)NC(Cc1ccccc1)C(=O)OCC(C)C. The van der Waals surface area contributed by atoms with Crippen molar-refractivity contribution in [2.45, 2.75) is 78.6 Å². The summed E-state index contributed by atoms with van der Waals surface area (Å²) in [5, 5.41) is 9.21. The van der Waals surface area contributed by atoms with E-state index in [4.69, 9.17) is 19.9 Å². The summed E-state index contributed by atoms with van der Waals surface area (Å²) >= 11 is 0. The van der Waals surface area contributed by atoms with Crippen LogP contribution in [0.3, 0.4) is 0 Å². The van der Waals surface area contributed by atoms with Gasteiger partial charge in [0, 0.05) is 12.6 Å². The highest BCUT2D eigenvalue weighted by Gasteiger charge is 2.34. The number of aromatic nitrogens is 4. The van der Waals surface area contributed by atoms with Gasteiger partial charge in [-0.2, -0.15) is 9.97 Å². The number of esters is 2. The molecule has 0 amide bonds. The van der Waals surface area contributed by atoms with Crippen molar-refractivity contribution in [3.63, 3.8) is 0 Å². The van der Waals surface area contributed by atoms with Gasteiger partial charge in [0.25, 0.3) is 0 Å². The average Bonchev–Trinajstić information content (AvgIpc) is 3.73. The maximum atomic E-state index is 14.5. The van der Waals surface area contributed by atoms with Gasteiger partial charge in [-0.3, -0.25) is 14.2 Å². The van der Waals surface area contributed by atoms with Crippen molar-refractivity contribution in [3.8, 4) is 0 Å². The number of hydrogen-bond donors (Lipinski definition) is 4. The zero-order valence-corrected chi connectivity index (χ0v) is 28.2. The molecule has 252 valence electrons. The van der Waals surface area contributed by atoms with Gasteiger partial charge >= 0.3 is 11.9 Å². The summed E-state index contributed by atoms with van der Waals surface area (Å²) in [7, 11) is -3.75. The largest absolute Gasteiger partial charge is 0.464 e. The van der Waals surface area contributed by atoms with Gasteiger partial charge in [0.1, 0.15) is 18.4 Å². The van der Waals surface area contributed by atoms with Gasteiger partial charge in [-0.05, 0) is 43.6 Å². The van der Waals surface area contributed by atoms with Crippen LogP contribution in [0.1, 0.15) is 53.0 Å². The number of carbonyl (C=O) groups is 2. The summed E-state index contributed by atoms with van der Waals surface area (Å²) in [5.74, 6) is -0.136. The lowest BCUT2D eigenvalue weighted by atomic mass is 10.1. The number of anilines is 2. The number of nitrogen functional groups attached to an aromatic ring is 1. The molecule has 3 unspecified atom stereocenters. The maximum Gasteiger partial charge on any atom is 0.323 e. The Kier molecular flexibility index (Phi) is 12.5. The van der Waals surface area contributed by atoms with Crippen molar-refractivity contribution >= 4 is 42.3 Å². The molecule has 1 fully saturated rings. The van der Waals surface area contributed by atoms with E-state index in [-0.39, 0.29) is 50.4 Å². The molecule has 2 aromatic heterocycles. The molecule has 5 N–H and O–H groups in total. The Labute approximate surface area is 270 Å². The Hall–Kier alpha value is -3.58. The molecule has 0 aliphatic heterocycles. The van der Waals surface area contributed by atoms with Crippen molar-refractivity contribution in [2.75, 3.05) is 37.2 Å². The van der Waals surface area contributed by atoms with Crippen LogP contribution < -0.4 is 21.2 Å². The van der Waals surface area contributed by atoms with Crippen LogP contribution in [-0.4, -0.2) is 75.8 Å². The van der Waals surface area contributed by atoms with Crippen LogP contribution in [0.25, 0.3) is 11.2 Å². The quantitative estimate of drug-likeness (QED) is 0.0831. The first-order valence-electron chi connectivity index (χ1n) is 15.8. The summed E-state index contributed by atoms with van der Waals surface area (Å²) in [6.07, 6.45) is 3.66. The molecule has 1 aromatic carbocycles. The third kappa shape index (κ3) is 10.8. The molecule has 0 saturated heterocycles. The van der Waals surface area contributed by atoms with Crippen LogP contribution in [0.15, 0.2) is 36.7 Å². The molecule has 0 spiro atoms. The molecule has 1 aliphatic carbocycles. The van der Waals surface area contributed by atoms with Crippen LogP contribution in [-0.2, 0) is 41.3 Å². The first kappa shape index (κ1) is 35.3. The molecular formula is C31H47N8O6P. The van der Waals surface area contributed by atoms with E-state index in [1.165, 1.54) is 0 Å². The maximum absolute atomic E-state index is 14.5. The summed E-state index contributed by atoms with van der Waals surface area (Å²) in [6.45, 7) is 10.2. The monoisotopic (exact) mass is 658 g/mol. The van der Waals surface area contributed by atoms with E-state index < -0.39 is 31.5 Å². The number of imidazole rings is 1. The minimum absolute atomic E-state index is 0.116. The van der Waals surface area contributed by atoms with Gasteiger partial charge in [0.2, 0.25) is 13.4 Å². The molecular weight excluding hydrogens is 611 g/mol. The topological polar surface area (TPSA) is 185 Å². The van der Waals surface area contributed by atoms with Crippen molar-refractivity contribution < 1.29 is 28.4 Å². The standard InChI is InChI=1S/C31H47N8O6P/c1-20(2)16-44-29(40)22(5)37-46(42,38-25(30(41)45-17-21(3)4)15-23-9-7-6-8-10-23)19-43-14-13-39-18-33-26-27(34-24-11-12-24)35-31(32)36-28(26)39/h6-10,18,20-22,24-25H,11-17,19H2,1-5H3,(H2,37,38,42)(H3,32,34,35,36). The molecule has 2 heterocycles. The number of carbonyl (C=O) groups excluding carboxylic acids is 2. The number of hydrogen-bond acceptors (Lipinski definition) is 11. The highest BCUT2D eigenvalue weighted by Crippen LogP contribution is 2.38. The van der Waals surface area contributed by atoms with Gasteiger partial charge in [-0.1, -0.05) is 58.0 Å². The predicted molar refractivity (Wildman–Crippen MR) is 176 cm³/mol. The fraction of sp³-hybridized carbons (Fsp3) is 0.581. The van der Waals surface area contributed by atoms with E-state index in [0.29, 0.717) is 29.6 Å². The van der Waals surface area contributed by atoms with Crippen molar-refractivity contribution in [3.05, 3.63) is 42.2 Å². The minimum atomic E-state index is -3.75. The van der Waals surface area contributed by atoms with Crippen LogP contribution in [0.5, 0.6) is 0 Å². The van der Waals surface area contributed by atoms with Crippen LogP contribution in [0.2, 0.25) is 0 Å². The molecule has 4 rings (SSSR count).